The first kappa shape index (κ1) is 17.4. The second-order valence-electron chi connectivity index (χ2n) is 5.84. The first-order valence-corrected chi connectivity index (χ1v) is 8.32. The van der Waals surface area contributed by atoms with E-state index in [9.17, 15) is 9.18 Å². The van der Waals surface area contributed by atoms with E-state index in [4.69, 9.17) is 16.3 Å². The van der Waals surface area contributed by atoms with Crippen LogP contribution in [0.25, 0.3) is 16.7 Å². The van der Waals surface area contributed by atoms with Crippen LogP contribution in [0.1, 0.15) is 42.9 Å². The summed E-state index contributed by atoms with van der Waals surface area (Å²) in [7, 11) is 0. The van der Waals surface area contributed by atoms with Crippen LogP contribution in [0.15, 0.2) is 30.3 Å². The molecule has 0 aliphatic rings. The highest BCUT2D eigenvalue weighted by Crippen LogP contribution is 2.32. The van der Waals surface area contributed by atoms with Gasteiger partial charge in [-0.25, -0.2) is 18.9 Å². The van der Waals surface area contributed by atoms with E-state index in [-0.39, 0.29) is 24.0 Å². The molecule has 0 aliphatic heterocycles. The molecule has 130 valence electrons. The molecule has 7 heteroatoms. The summed E-state index contributed by atoms with van der Waals surface area (Å²) in [6, 6.07) is 7.37. The lowest BCUT2D eigenvalue weighted by Crippen LogP contribution is -2.08. The van der Waals surface area contributed by atoms with Crippen LogP contribution in [0.4, 0.5) is 4.39 Å². The molecule has 0 N–H and O–H groups in total. The number of halogens is 2. The molecule has 0 saturated heterocycles. The Labute approximate surface area is 149 Å². The van der Waals surface area contributed by atoms with E-state index in [1.54, 1.807) is 23.7 Å². The van der Waals surface area contributed by atoms with Crippen molar-refractivity contribution in [2.45, 2.75) is 26.7 Å². The van der Waals surface area contributed by atoms with E-state index in [2.05, 4.69) is 10.1 Å². The number of rotatable bonds is 4. The minimum absolute atomic E-state index is 0.0944. The first-order chi connectivity index (χ1) is 11.9. The third kappa shape index (κ3) is 3.22. The lowest BCUT2D eigenvalue weighted by atomic mass is 10.1. The van der Waals surface area contributed by atoms with Crippen molar-refractivity contribution in [3.05, 3.63) is 52.6 Å². The molecule has 25 heavy (non-hydrogen) atoms. The minimum Gasteiger partial charge on any atom is -0.461 e. The Bertz CT molecular complexity index is 936. The summed E-state index contributed by atoms with van der Waals surface area (Å²) in [5.41, 5.74) is 1.93. The van der Waals surface area contributed by atoms with Gasteiger partial charge in [0, 0.05) is 0 Å². The molecular formula is C18H17ClFN3O2. The van der Waals surface area contributed by atoms with Crippen LogP contribution in [0.5, 0.6) is 0 Å². The van der Waals surface area contributed by atoms with Crippen LogP contribution in [0.3, 0.4) is 0 Å². The standard InChI is InChI=1S/C18H17ClFN3O2/c1-4-25-18(24)14-9-13(19)15-16(10(2)3)22-23(17(15)21-14)12-7-5-11(20)6-8-12/h5-10H,4H2,1-3H3. The van der Waals surface area contributed by atoms with Gasteiger partial charge in [-0.05, 0) is 43.2 Å². The Hall–Kier alpha value is -2.47. The zero-order valence-corrected chi connectivity index (χ0v) is 14.8. The molecule has 0 fully saturated rings. The highest BCUT2D eigenvalue weighted by Gasteiger charge is 2.22. The smallest absolute Gasteiger partial charge is 0.357 e. The number of fused-ring (bicyclic) bond motifs is 1. The fourth-order valence-corrected chi connectivity index (χ4v) is 2.86. The molecule has 2 heterocycles. The van der Waals surface area contributed by atoms with Gasteiger partial charge < -0.3 is 4.74 Å². The summed E-state index contributed by atoms with van der Waals surface area (Å²) in [6.45, 7) is 5.95. The Morgan fingerprint density at radius 3 is 2.60 bits per heavy atom. The van der Waals surface area contributed by atoms with Crippen molar-refractivity contribution in [2.24, 2.45) is 0 Å². The second kappa shape index (κ2) is 6.80. The number of benzene rings is 1. The molecule has 1 aromatic carbocycles. The van der Waals surface area contributed by atoms with Gasteiger partial charge in [-0.1, -0.05) is 25.4 Å². The molecule has 0 atom stereocenters. The summed E-state index contributed by atoms with van der Waals surface area (Å²) < 4.78 is 19.8. The number of hydrogen-bond acceptors (Lipinski definition) is 4. The monoisotopic (exact) mass is 361 g/mol. The number of nitrogens with zero attached hydrogens (tertiary/aromatic N) is 3. The minimum atomic E-state index is -0.552. The fraction of sp³-hybridized carbons (Fsp3) is 0.278. The molecule has 3 rings (SSSR count). The van der Waals surface area contributed by atoms with Gasteiger partial charge >= 0.3 is 5.97 Å². The van der Waals surface area contributed by atoms with Crippen LogP contribution in [-0.4, -0.2) is 27.3 Å². The normalized spacial score (nSPS) is 11.3. The van der Waals surface area contributed by atoms with E-state index in [0.717, 1.165) is 5.69 Å². The first-order valence-electron chi connectivity index (χ1n) is 7.94. The van der Waals surface area contributed by atoms with Crippen molar-refractivity contribution in [2.75, 3.05) is 6.61 Å². The van der Waals surface area contributed by atoms with Crippen LogP contribution in [0, 0.1) is 5.82 Å². The largest absolute Gasteiger partial charge is 0.461 e. The highest BCUT2D eigenvalue weighted by atomic mass is 35.5. The fourth-order valence-electron chi connectivity index (χ4n) is 2.57. The lowest BCUT2D eigenvalue weighted by molar-refractivity contribution is 0.0520. The maximum atomic E-state index is 13.2. The number of pyridine rings is 1. The van der Waals surface area contributed by atoms with Gasteiger partial charge in [0.05, 0.1) is 28.4 Å². The number of carbonyl (C=O) groups is 1. The molecule has 0 unspecified atom stereocenters. The van der Waals surface area contributed by atoms with E-state index in [1.165, 1.54) is 18.2 Å². The van der Waals surface area contributed by atoms with Crippen molar-refractivity contribution in [3.8, 4) is 5.69 Å². The molecule has 0 spiro atoms. The Balaban J connectivity index is 2.28. The number of ether oxygens (including phenoxy) is 1. The zero-order chi connectivity index (χ0) is 18.1. The topological polar surface area (TPSA) is 57.0 Å². The van der Waals surface area contributed by atoms with Crippen LogP contribution >= 0.6 is 11.6 Å². The van der Waals surface area contributed by atoms with Gasteiger partial charge in [0.1, 0.15) is 5.82 Å². The van der Waals surface area contributed by atoms with Gasteiger partial charge in [0.15, 0.2) is 11.3 Å². The summed E-state index contributed by atoms with van der Waals surface area (Å²) in [5.74, 6) is -0.802. The molecule has 0 bridgehead atoms. The highest BCUT2D eigenvalue weighted by molar-refractivity contribution is 6.35. The second-order valence-corrected chi connectivity index (χ2v) is 6.24. The molecular weight excluding hydrogens is 345 g/mol. The quantitative estimate of drug-likeness (QED) is 0.641. The summed E-state index contributed by atoms with van der Waals surface area (Å²) in [5, 5.41) is 5.65. The molecule has 3 aromatic rings. The molecule has 2 aromatic heterocycles. The van der Waals surface area contributed by atoms with Crippen molar-refractivity contribution in [1.82, 2.24) is 14.8 Å². The van der Waals surface area contributed by atoms with E-state index in [0.29, 0.717) is 21.7 Å². The maximum Gasteiger partial charge on any atom is 0.357 e. The van der Waals surface area contributed by atoms with E-state index < -0.39 is 5.97 Å². The van der Waals surface area contributed by atoms with Gasteiger partial charge in [0.2, 0.25) is 0 Å². The third-order valence-electron chi connectivity index (χ3n) is 3.72. The van der Waals surface area contributed by atoms with E-state index >= 15 is 0 Å². The number of esters is 1. The SMILES string of the molecule is CCOC(=O)c1cc(Cl)c2c(C(C)C)nn(-c3ccc(F)cc3)c2n1. The average Bonchev–Trinajstić information content (AvgIpc) is 2.96. The molecule has 0 aliphatic carbocycles. The van der Waals surface area contributed by atoms with Crippen molar-refractivity contribution in [3.63, 3.8) is 0 Å². The van der Waals surface area contributed by atoms with Crippen LogP contribution in [0.2, 0.25) is 5.02 Å². The van der Waals surface area contributed by atoms with Gasteiger partial charge in [-0.3, -0.25) is 0 Å². The summed E-state index contributed by atoms with van der Waals surface area (Å²) in [4.78, 5) is 16.5. The predicted octanol–water partition coefficient (Wildman–Crippen LogP) is 4.51. The Morgan fingerprint density at radius 1 is 1.32 bits per heavy atom. The Morgan fingerprint density at radius 2 is 2.00 bits per heavy atom. The zero-order valence-electron chi connectivity index (χ0n) is 14.1. The Kier molecular flexibility index (Phi) is 4.72. The lowest BCUT2D eigenvalue weighted by Gasteiger charge is -2.06. The maximum absolute atomic E-state index is 13.2. The third-order valence-corrected chi connectivity index (χ3v) is 4.02. The van der Waals surface area contributed by atoms with Crippen LogP contribution < -0.4 is 0 Å². The molecule has 0 saturated carbocycles. The predicted molar refractivity (Wildman–Crippen MR) is 93.9 cm³/mol. The average molecular weight is 362 g/mol. The molecule has 0 radical (unpaired) electrons. The van der Waals surface area contributed by atoms with Crippen LogP contribution in [-0.2, 0) is 4.74 Å². The number of aromatic nitrogens is 3. The van der Waals surface area contributed by atoms with Crippen molar-refractivity contribution in [1.29, 1.82) is 0 Å². The van der Waals surface area contributed by atoms with Crippen molar-refractivity contribution < 1.29 is 13.9 Å². The van der Waals surface area contributed by atoms with Gasteiger partial charge in [-0.2, -0.15) is 5.10 Å². The number of hydrogen-bond donors (Lipinski definition) is 0. The van der Waals surface area contributed by atoms with Gasteiger partial charge in [0.25, 0.3) is 0 Å². The number of carbonyl (C=O) groups excluding carboxylic acids is 1. The van der Waals surface area contributed by atoms with Gasteiger partial charge in [-0.15, -0.1) is 0 Å². The summed E-state index contributed by atoms with van der Waals surface area (Å²) in [6.07, 6.45) is 0. The summed E-state index contributed by atoms with van der Waals surface area (Å²) >= 11 is 6.42. The molecule has 5 nitrogen and oxygen atoms in total. The molecule has 0 amide bonds. The van der Waals surface area contributed by atoms with E-state index in [1.807, 2.05) is 13.8 Å². The van der Waals surface area contributed by atoms with Crippen molar-refractivity contribution >= 4 is 28.6 Å².